The number of amides is 1. The van der Waals surface area contributed by atoms with Crippen molar-refractivity contribution in [3.05, 3.63) is 87.5 Å². The lowest BCUT2D eigenvalue weighted by molar-refractivity contribution is 0.0998. The van der Waals surface area contributed by atoms with Gasteiger partial charge in [0.05, 0.1) is 17.6 Å². The van der Waals surface area contributed by atoms with Crippen molar-refractivity contribution >= 4 is 34.9 Å². The highest BCUT2D eigenvalue weighted by Crippen LogP contribution is 2.38. The number of allylic oxidation sites excluding steroid dienone is 1. The molecule has 1 aromatic carbocycles. The van der Waals surface area contributed by atoms with Crippen molar-refractivity contribution in [2.45, 2.75) is 25.4 Å². The molecule has 3 heterocycles. The molecule has 0 saturated carbocycles. The van der Waals surface area contributed by atoms with Crippen molar-refractivity contribution in [2.75, 3.05) is 0 Å². The molecule has 5 rings (SSSR count). The Morgan fingerprint density at radius 2 is 2.18 bits per heavy atom. The van der Waals surface area contributed by atoms with E-state index in [-0.39, 0.29) is 12.0 Å². The summed E-state index contributed by atoms with van der Waals surface area (Å²) < 4.78 is 9.91. The fraction of sp³-hybridized carbons (Fsp3) is 0.208. The maximum absolute atomic E-state index is 12.2. The molecule has 0 saturated heterocycles. The minimum atomic E-state index is -0.534. The molecule has 0 bridgehead atoms. The summed E-state index contributed by atoms with van der Waals surface area (Å²) in [5, 5.41) is 5.69. The van der Waals surface area contributed by atoms with Crippen LogP contribution in [0.15, 0.2) is 55.1 Å². The number of ether oxygens (including phenoxy) is 1. The molecule has 7 nitrogen and oxygen atoms in total. The van der Waals surface area contributed by atoms with Gasteiger partial charge in [0.1, 0.15) is 28.1 Å². The third-order valence-electron chi connectivity index (χ3n) is 5.73. The van der Waals surface area contributed by atoms with E-state index in [1.165, 1.54) is 11.3 Å². The molecule has 168 valence electrons. The van der Waals surface area contributed by atoms with Gasteiger partial charge in [-0.2, -0.15) is 5.10 Å². The van der Waals surface area contributed by atoms with E-state index in [2.05, 4.69) is 22.2 Å². The maximum Gasteiger partial charge on any atom is 0.262 e. The number of carbonyl (C=O) groups excluding carboxylic acids is 1. The summed E-state index contributed by atoms with van der Waals surface area (Å²) in [6, 6.07) is 9.32. The van der Waals surface area contributed by atoms with Crippen molar-refractivity contribution < 1.29 is 9.53 Å². The first-order chi connectivity index (χ1) is 15.9. The molecule has 1 amide bonds. The van der Waals surface area contributed by atoms with Gasteiger partial charge in [-0.05, 0) is 24.6 Å². The van der Waals surface area contributed by atoms with Crippen LogP contribution in [0.2, 0.25) is 5.02 Å². The molecular formula is C24H22ClN5O2S. The highest BCUT2D eigenvalue weighted by molar-refractivity contribution is 7.16. The Kier molecular flexibility index (Phi) is 5.55. The van der Waals surface area contributed by atoms with Gasteiger partial charge >= 0.3 is 0 Å². The number of fused-ring (bicyclic) bond motifs is 1. The first-order valence-corrected chi connectivity index (χ1v) is 11.7. The van der Waals surface area contributed by atoms with Gasteiger partial charge in [-0.3, -0.25) is 14.0 Å². The topological polar surface area (TPSA) is 88.0 Å². The third-order valence-corrected chi connectivity index (χ3v) is 7.20. The molecule has 0 aliphatic heterocycles. The third kappa shape index (κ3) is 4.07. The van der Waals surface area contributed by atoms with Gasteiger partial charge in [0.15, 0.2) is 0 Å². The number of rotatable bonds is 6. The van der Waals surface area contributed by atoms with Gasteiger partial charge in [0, 0.05) is 42.2 Å². The quantitative estimate of drug-likeness (QED) is 0.425. The molecule has 4 aromatic rings. The smallest absolute Gasteiger partial charge is 0.262 e. The van der Waals surface area contributed by atoms with Crippen LogP contribution in [0.3, 0.4) is 0 Å². The van der Waals surface area contributed by atoms with Crippen LogP contribution in [0.5, 0.6) is 5.75 Å². The van der Waals surface area contributed by atoms with E-state index in [1.807, 2.05) is 61.3 Å². The zero-order valence-corrected chi connectivity index (χ0v) is 19.7. The highest BCUT2D eigenvalue weighted by atomic mass is 35.5. The van der Waals surface area contributed by atoms with Crippen molar-refractivity contribution in [2.24, 2.45) is 12.8 Å². The monoisotopic (exact) mass is 479 g/mol. The predicted octanol–water partition coefficient (Wildman–Crippen LogP) is 4.91. The summed E-state index contributed by atoms with van der Waals surface area (Å²) in [6.45, 7) is 1.89. The summed E-state index contributed by atoms with van der Waals surface area (Å²) in [4.78, 5) is 17.2. The number of halogens is 1. The number of aryl methyl sites for hydroxylation is 1. The number of nitrogens with zero attached hydrogens (tertiary/aromatic N) is 4. The molecule has 0 fully saturated rings. The molecule has 9 heteroatoms. The van der Waals surface area contributed by atoms with Gasteiger partial charge < -0.3 is 10.5 Å². The van der Waals surface area contributed by atoms with Gasteiger partial charge in [-0.1, -0.05) is 35.9 Å². The standard InChI is InChI=1S/C24H22ClN5O2S/c1-14(17-5-3-4-6-18(17)25)32-21-10-22(33-23(21)24(26)31)30-13-27-19-9-15(7-8-20(19)30)16-11-28-29(2)12-16/h3-8,10-15H,9H2,1-2H3,(H2,26,31)/t14-,15?/m1/s1. The zero-order valence-electron chi connectivity index (χ0n) is 18.1. The van der Waals surface area contributed by atoms with Crippen molar-refractivity contribution in [1.29, 1.82) is 0 Å². The van der Waals surface area contributed by atoms with Gasteiger partial charge in [0.25, 0.3) is 5.91 Å². The van der Waals surface area contributed by atoms with Crippen molar-refractivity contribution in [3.63, 3.8) is 0 Å². The van der Waals surface area contributed by atoms with Crippen LogP contribution < -0.4 is 10.5 Å². The number of thiophene rings is 1. The van der Waals surface area contributed by atoms with Gasteiger partial charge in [-0.15, -0.1) is 11.3 Å². The molecule has 2 N–H and O–H groups in total. The number of carbonyl (C=O) groups is 1. The summed E-state index contributed by atoms with van der Waals surface area (Å²) >= 11 is 7.60. The van der Waals surface area contributed by atoms with Crippen LogP contribution in [-0.4, -0.2) is 25.2 Å². The Bertz CT molecular complexity index is 1370. The second kappa shape index (κ2) is 8.53. The van der Waals surface area contributed by atoms with Crippen molar-refractivity contribution in [3.8, 4) is 10.8 Å². The van der Waals surface area contributed by atoms with Crippen molar-refractivity contribution in [1.82, 2.24) is 19.3 Å². The second-order valence-electron chi connectivity index (χ2n) is 7.99. The molecule has 33 heavy (non-hydrogen) atoms. The van der Waals surface area contributed by atoms with E-state index >= 15 is 0 Å². The number of nitrogens with two attached hydrogens (primary N) is 1. The highest BCUT2D eigenvalue weighted by Gasteiger charge is 2.24. The number of primary amides is 1. The van der Waals surface area contributed by atoms with Crippen LogP contribution in [0.1, 0.15) is 51.1 Å². The lowest BCUT2D eigenvalue weighted by Gasteiger charge is -2.16. The van der Waals surface area contributed by atoms with E-state index in [9.17, 15) is 4.79 Å². The van der Waals surface area contributed by atoms with Gasteiger partial charge in [0.2, 0.25) is 0 Å². The summed E-state index contributed by atoms with van der Waals surface area (Å²) in [5.41, 5.74) is 9.64. The Hall–Kier alpha value is -3.36. The number of imidazole rings is 1. The molecule has 0 spiro atoms. The van der Waals surface area contributed by atoms with Crippen LogP contribution >= 0.6 is 22.9 Å². The average molecular weight is 480 g/mol. The number of hydrogen-bond donors (Lipinski definition) is 1. The fourth-order valence-electron chi connectivity index (χ4n) is 4.05. The van der Waals surface area contributed by atoms with Crippen LogP contribution in [0, 0.1) is 0 Å². The minimum Gasteiger partial charge on any atom is -0.484 e. The molecule has 0 radical (unpaired) electrons. The number of benzene rings is 1. The first-order valence-electron chi connectivity index (χ1n) is 10.5. The molecule has 1 unspecified atom stereocenters. The lowest BCUT2D eigenvalue weighted by atomic mass is 9.91. The lowest BCUT2D eigenvalue weighted by Crippen LogP contribution is -2.12. The number of hydrogen-bond acceptors (Lipinski definition) is 5. The molecule has 1 aliphatic rings. The van der Waals surface area contributed by atoms with Crippen LogP contribution in [0.4, 0.5) is 0 Å². The van der Waals surface area contributed by atoms with Crippen LogP contribution in [-0.2, 0) is 13.5 Å². The SMILES string of the molecule is C[C@@H](Oc1cc(-n2cnc3c2C=CC(c2cnn(C)c2)C3)sc1C(N)=O)c1ccccc1Cl. The average Bonchev–Trinajstić information content (AvgIpc) is 3.51. The summed E-state index contributed by atoms with van der Waals surface area (Å²) in [5.74, 6) is 0.133. The minimum absolute atomic E-state index is 0.231. The first kappa shape index (κ1) is 21.5. The van der Waals surface area contributed by atoms with Crippen LogP contribution in [0.25, 0.3) is 11.1 Å². The zero-order chi connectivity index (χ0) is 23.1. The second-order valence-corrected chi connectivity index (χ2v) is 9.43. The fourth-order valence-corrected chi connectivity index (χ4v) is 5.26. The molecular weight excluding hydrogens is 458 g/mol. The van der Waals surface area contributed by atoms with E-state index in [0.29, 0.717) is 15.6 Å². The summed E-state index contributed by atoms with van der Waals surface area (Å²) in [7, 11) is 1.91. The Balaban J connectivity index is 1.45. The Morgan fingerprint density at radius 1 is 1.36 bits per heavy atom. The largest absolute Gasteiger partial charge is 0.484 e. The normalized spacial score (nSPS) is 15.9. The Labute approximate surface area is 200 Å². The maximum atomic E-state index is 12.2. The van der Waals surface area contributed by atoms with E-state index in [4.69, 9.17) is 22.1 Å². The Morgan fingerprint density at radius 3 is 2.91 bits per heavy atom. The number of aromatic nitrogens is 4. The van der Waals surface area contributed by atoms with E-state index in [1.54, 1.807) is 11.0 Å². The van der Waals surface area contributed by atoms with E-state index in [0.717, 1.165) is 33.9 Å². The molecule has 1 aliphatic carbocycles. The van der Waals surface area contributed by atoms with Gasteiger partial charge in [-0.25, -0.2) is 4.98 Å². The molecule has 3 aromatic heterocycles. The molecule has 2 atom stereocenters. The van der Waals surface area contributed by atoms with E-state index < -0.39 is 5.91 Å². The predicted molar refractivity (Wildman–Crippen MR) is 129 cm³/mol. The summed E-state index contributed by atoms with van der Waals surface area (Å²) in [6.07, 6.45) is 10.4.